The van der Waals surface area contributed by atoms with Gasteiger partial charge in [0.05, 0.1) is 17.9 Å². The lowest BCUT2D eigenvalue weighted by Gasteiger charge is -2.34. The molecule has 3 rings (SSSR count). The van der Waals surface area contributed by atoms with Gasteiger partial charge < -0.3 is 4.90 Å². The van der Waals surface area contributed by atoms with E-state index in [9.17, 15) is 13.2 Å². The molecule has 25 heavy (non-hydrogen) atoms. The number of rotatable bonds is 3. The minimum Gasteiger partial charge on any atom is -0.346 e. The molecule has 5 nitrogen and oxygen atoms in total. The van der Waals surface area contributed by atoms with Crippen molar-refractivity contribution < 1.29 is 13.2 Å². The van der Waals surface area contributed by atoms with Gasteiger partial charge in [-0.1, -0.05) is 11.3 Å². The molecule has 0 N–H and O–H groups in total. The van der Waals surface area contributed by atoms with Gasteiger partial charge in [-0.25, -0.2) is 4.98 Å². The van der Waals surface area contributed by atoms with Crippen LogP contribution in [0.15, 0.2) is 18.6 Å². The molecule has 0 bridgehead atoms. The van der Waals surface area contributed by atoms with Crippen LogP contribution in [0.25, 0.3) is 0 Å². The van der Waals surface area contributed by atoms with Crippen molar-refractivity contribution in [1.29, 1.82) is 0 Å². The Labute approximate surface area is 149 Å². The van der Waals surface area contributed by atoms with Crippen LogP contribution in [0.3, 0.4) is 0 Å². The summed E-state index contributed by atoms with van der Waals surface area (Å²) >= 11 is 0.716. The van der Waals surface area contributed by atoms with E-state index in [4.69, 9.17) is 0 Å². The van der Waals surface area contributed by atoms with Gasteiger partial charge in [0.25, 0.3) is 0 Å². The Morgan fingerprint density at radius 1 is 1.08 bits per heavy atom. The standard InChI is InChI=1S/C16H22F3N5S/c1-15(2,3)24-11-12(8-21-24)10-22-4-6-23(7-5-22)14-20-9-13(25-14)16(17,18)19/h8-9,11H,4-7,10H2,1-3H3. The zero-order valence-electron chi connectivity index (χ0n) is 14.5. The average Bonchev–Trinajstić information content (AvgIpc) is 3.15. The van der Waals surface area contributed by atoms with E-state index < -0.39 is 11.1 Å². The maximum Gasteiger partial charge on any atom is 0.427 e. The van der Waals surface area contributed by atoms with Crippen LogP contribution in [0.2, 0.25) is 0 Å². The van der Waals surface area contributed by atoms with Gasteiger partial charge in [0.15, 0.2) is 5.13 Å². The average molecular weight is 373 g/mol. The van der Waals surface area contributed by atoms with E-state index in [0.717, 1.165) is 31.4 Å². The summed E-state index contributed by atoms with van der Waals surface area (Å²) in [5, 5.41) is 4.86. The van der Waals surface area contributed by atoms with Gasteiger partial charge in [0.1, 0.15) is 4.88 Å². The number of nitrogens with zero attached hydrogens (tertiary/aromatic N) is 5. The Kier molecular flexibility index (Phi) is 4.80. The minimum absolute atomic E-state index is 0.0437. The Morgan fingerprint density at radius 2 is 1.76 bits per heavy atom. The van der Waals surface area contributed by atoms with Crippen LogP contribution < -0.4 is 4.90 Å². The third kappa shape index (κ3) is 4.33. The van der Waals surface area contributed by atoms with Crippen molar-refractivity contribution in [3.05, 3.63) is 29.0 Å². The van der Waals surface area contributed by atoms with Gasteiger partial charge in [-0.2, -0.15) is 18.3 Å². The van der Waals surface area contributed by atoms with Gasteiger partial charge in [-0.15, -0.1) is 0 Å². The van der Waals surface area contributed by atoms with Gasteiger partial charge in [0, 0.05) is 44.5 Å². The predicted molar refractivity (Wildman–Crippen MR) is 91.8 cm³/mol. The maximum atomic E-state index is 12.7. The smallest absolute Gasteiger partial charge is 0.346 e. The Hall–Kier alpha value is -1.61. The van der Waals surface area contributed by atoms with Gasteiger partial charge in [-0.3, -0.25) is 9.58 Å². The van der Waals surface area contributed by atoms with Crippen molar-refractivity contribution in [2.75, 3.05) is 31.1 Å². The summed E-state index contributed by atoms with van der Waals surface area (Å²) in [5.74, 6) is 0. The Bertz CT molecular complexity index is 708. The Morgan fingerprint density at radius 3 is 2.28 bits per heavy atom. The molecule has 0 atom stereocenters. The molecule has 2 aromatic heterocycles. The fraction of sp³-hybridized carbons (Fsp3) is 0.625. The molecule has 0 radical (unpaired) electrons. The fourth-order valence-electron chi connectivity index (χ4n) is 2.71. The van der Waals surface area contributed by atoms with Crippen LogP contribution in [-0.4, -0.2) is 45.8 Å². The van der Waals surface area contributed by atoms with Crippen LogP contribution >= 0.6 is 11.3 Å². The van der Waals surface area contributed by atoms with E-state index in [1.807, 2.05) is 15.8 Å². The minimum atomic E-state index is -4.31. The lowest BCUT2D eigenvalue weighted by atomic mass is 10.1. The summed E-state index contributed by atoms with van der Waals surface area (Å²) in [4.78, 5) is 7.52. The number of hydrogen-bond acceptors (Lipinski definition) is 5. The summed E-state index contributed by atoms with van der Waals surface area (Å²) in [5.41, 5.74) is 1.11. The van der Waals surface area contributed by atoms with E-state index in [2.05, 4.69) is 42.0 Å². The summed E-state index contributed by atoms with van der Waals surface area (Å²) < 4.78 is 40.0. The van der Waals surface area contributed by atoms with Crippen LogP contribution in [0, 0.1) is 0 Å². The number of hydrogen-bond donors (Lipinski definition) is 0. The maximum absolute atomic E-state index is 12.7. The van der Waals surface area contributed by atoms with Crippen LogP contribution in [0.5, 0.6) is 0 Å². The molecule has 2 aromatic rings. The number of halogens is 3. The molecule has 0 saturated carbocycles. The molecule has 138 valence electrons. The molecule has 1 aliphatic heterocycles. The number of aromatic nitrogens is 3. The first-order chi connectivity index (χ1) is 11.6. The lowest BCUT2D eigenvalue weighted by Crippen LogP contribution is -2.45. The highest BCUT2D eigenvalue weighted by Crippen LogP contribution is 2.36. The topological polar surface area (TPSA) is 37.2 Å². The molecular weight excluding hydrogens is 351 g/mol. The van der Waals surface area contributed by atoms with E-state index in [-0.39, 0.29) is 5.54 Å². The second kappa shape index (κ2) is 6.60. The SMILES string of the molecule is CC(C)(C)n1cc(CN2CCN(c3ncc(C(F)(F)F)s3)CC2)cn1. The van der Waals surface area contributed by atoms with Crippen molar-refractivity contribution in [1.82, 2.24) is 19.7 Å². The summed E-state index contributed by atoms with van der Waals surface area (Å²) in [7, 11) is 0. The lowest BCUT2D eigenvalue weighted by molar-refractivity contribution is -0.134. The zero-order chi connectivity index (χ0) is 18.2. The molecule has 1 saturated heterocycles. The number of thiazole rings is 1. The first-order valence-corrected chi connectivity index (χ1v) is 8.99. The third-order valence-electron chi connectivity index (χ3n) is 4.15. The van der Waals surface area contributed by atoms with Gasteiger partial charge in [0.2, 0.25) is 0 Å². The number of anilines is 1. The molecule has 0 amide bonds. The summed E-state index contributed by atoms with van der Waals surface area (Å²) in [6.07, 6.45) is 0.551. The fourth-order valence-corrected chi connectivity index (χ4v) is 3.54. The first kappa shape index (κ1) is 18.2. The second-order valence-corrected chi connectivity index (χ2v) is 8.24. The van der Waals surface area contributed by atoms with Crippen LogP contribution in [0.1, 0.15) is 31.2 Å². The first-order valence-electron chi connectivity index (χ1n) is 8.17. The Balaban J connectivity index is 1.55. The van der Waals surface area contributed by atoms with E-state index in [1.165, 1.54) is 0 Å². The number of alkyl halides is 3. The number of piperazine rings is 1. The van der Waals surface area contributed by atoms with E-state index in [1.54, 1.807) is 0 Å². The molecule has 1 aliphatic rings. The normalized spacial score (nSPS) is 17.3. The predicted octanol–water partition coefficient (Wildman–Crippen LogP) is 3.44. The third-order valence-corrected chi connectivity index (χ3v) is 5.25. The zero-order valence-corrected chi connectivity index (χ0v) is 15.4. The van der Waals surface area contributed by atoms with E-state index in [0.29, 0.717) is 29.6 Å². The molecule has 0 aliphatic carbocycles. The highest BCUT2D eigenvalue weighted by Gasteiger charge is 2.34. The molecular formula is C16H22F3N5S. The molecule has 0 unspecified atom stereocenters. The van der Waals surface area contributed by atoms with E-state index >= 15 is 0 Å². The van der Waals surface area contributed by atoms with Gasteiger partial charge >= 0.3 is 6.18 Å². The monoisotopic (exact) mass is 373 g/mol. The molecule has 1 fully saturated rings. The summed E-state index contributed by atoms with van der Waals surface area (Å²) in [6, 6.07) is 0. The van der Waals surface area contributed by atoms with Crippen molar-refractivity contribution in [2.45, 2.75) is 39.0 Å². The van der Waals surface area contributed by atoms with Crippen molar-refractivity contribution >= 4 is 16.5 Å². The van der Waals surface area contributed by atoms with Crippen molar-refractivity contribution in [2.24, 2.45) is 0 Å². The molecule has 9 heteroatoms. The molecule has 3 heterocycles. The molecule has 0 aromatic carbocycles. The highest BCUT2D eigenvalue weighted by atomic mass is 32.1. The van der Waals surface area contributed by atoms with Crippen LogP contribution in [0.4, 0.5) is 18.3 Å². The second-order valence-electron chi connectivity index (χ2n) is 7.23. The largest absolute Gasteiger partial charge is 0.427 e. The van der Waals surface area contributed by atoms with Crippen molar-refractivity contribution in [3.63, 3.8) is 0 Å². The summed E-state index contributed by atoms with van der Waals surface area (Å²) in [6.45, 7) is 10.1. The van der Waals surface area contributed by atoms with Gasteiger partial charge in [-0.05, 0) is 20.8 Å². The van der Waals surface area contributed by atoms with Crippen LogP contribution in [-0.2, 0) is 18.3 Å². The quantitative estimate of drug-likeness (QED) is 0.826. The van der Waals surface area contributed by atoms with Crippen molar-refractivity contribution in [3.8, 4) is 0 Å². The molecule has 0 spiro atoms. The highest BCUT2D eigenvalue weighted by molar-refractivity contribution is 7.15.